The first-order chi connectivity index (χ1) is 13.6. The van der Waals surface area contributed by atoms with Gasteiger partial charge in [-0.25, -0.2) is 4.98 Å². The van der Waals surface area contributed by atoms with Crippen LogP contribution >= 0.6 is 0 Å². The highest BCUT2D eigenvalue weighted by Crippen LogP contribution is 2.30. The topological polar surface area (TPSA) is 81.7 Å². The van der Waals surface area contributed by atoms with Gasteiger partial charge in [-0.15, -0.1) is 0 Å². The van der Waals surface area contributed by atoms with Crippen LogP contribution in [0.15, 0.2) is 60.8 Å². The zero-order valence-electron chi connectivity index (χ0n) is 15.9. The van der Waals surface area contributed by atoms with Crippen LogP contribution in [0.5, 0.6) is 17.2 Å². The molecule has 2 N–H and O–H groups in total. The Kier molecular flexibility index (Phi) is 5.96. The Morgan fingerprint density at radius 1 is 0.821 bits per heavy atom. The summed E-state index contributed by atoms with van der Waals surface area (Å²) in [5.41, 5.74) is 1.92. The number of rotatable bonds is 7. The van der Waals surface area contributed by atoms with Crippen LogP contribution < -0.4 is 24.8 Å². The number of anilines is 3. The Labute approximate surface area is 163 Å². The number of carbonyl (C=O) groups is 1. The van der Waals surface area contributed by atoms with E-state index in [9.17, 15) is 4.79 Å². The average Bonchev–Trinajstić information content (AvgIpc) is 2.74. The smallest absolute Gasteiger partial charge is 0.255 e. The van der Waals surface area contributed by atoms with Gasteiger partial charge in [0.2, 0.25) is 0 Å². The molecule has 7 nitrogen and oxygen atoms in total. The van der Waals surface area contributed by atoms with Crippen LogP contribution in [0.2, 0.25) is 0 Å². The van der Waals surface area contributed by atoms with Gasteiger partial charge in [0.05, 0.1) is 21.3 Å². The number of hydrogen-bond donors (Lipinski definition) is 2. The first kappa shape index (κ1) is 19.0. The quantitative estimate of drug-likeness (QED) is 0.643. The molecule has 28 heavy (non-hydrogen) atoms. The fraction of sp³-hybridized carbons (Fsp3) is 0.143. The molecule has 0 unspecified atom stereocenters. The Hall–Kier alpha value is -3.74. The number of ether oxygens (including phenoxy) is 3. The predicted octanol–water partition coefficient (Wildman–Crippen LogP) is 4.10. The second-order valence-electron chi connectivity index (χ2n) is 5.81. The van der Waals surface area contributed by atoms with Crippen LogP contribution in [-0.4, -0.2) is 32.2 Å². The molecule has 0 saturated carbocycles. The van der Waals surface area contributed by atoms with Crippen molar-refractivity contribution in [1.29, 1.82) is 0 Å². The minimum atomic E-state index is -0.233. The van der Waals surface area contributed by atoms with Gasteiger partial charge in [0, 0.05) is 29.2 Å². The molecule has 144 valence electrons. The fourth-order valence-corrected chi connectivity index (χ4v) is 2.58. The Morgan fingerprint density at radius 3 is 2.21 bits per heavy atom. The van der Waals surface area contributed by atoms with E-state index in [1.54, 1.807) is 76.1 Å². The number of benzene rings is 2. The Bertz CT molecular complexity index is 958. The maximum Gasteiger partial charge on any atom is 0.255 e. The van der Waals surface area contributed by atoms with Gasteiger partial charge in [0.15, 0.2) is 11.5 Å². The van der Waals surface area contributed by atoms with Crippen molar-refractivity contribution >= 4 is 23.1 Å². The molecule has 2 aromatic carbocycles. The van der Waals surface area contributed by atoms with Crippen molar-refractivity contribution in [2.45, 2.75) is 0 Å². The van der Waals surface area contributed by atoms with Crippen molar-refractivity contribution < 1.29 is 19.0 Å². The number of hydrogen-bond acceptors (Lipinski definition) is 6. The SMILES string of the molecule is COc1ccc(NC(=O)c2ccnc(Nc3ccc(OC)c(OC)c3)c2)cc1. The maximum atomic E-state index is 12.5. The zero-order chi connectivity index (χ0) is 19.9. The molecular formula is C21H21N3O4. The lowest BCUT2D eigenvalue weighted by atomic mass is 10.2. The van der Waals surface area contributed by atoms with Crippen LogP contribution in [0.3, 0.4) is 0 Å². The van der Waals surface area contributed by atoms with Gasteiger partial charge < -0.3 is 24.8 Å². The molecule has 3 rings (SSSR count). The number of aromatic nitrogens is 1. The van der Waals surface area contributed by atoms with Crippen LogP contribution in [-0.2, 0) is 0 Å². The summed E-state index contributed by atoms with van der Waals surface area (Å²) in [7, 11) is 4.75. The summed E-state index contributed by atoms with van der Waals surface area (Å²) in [6, 6.07) is 15.9. The van der Waals surface area contributed by atoms with Crippen LogP contribution in [0.1, 0.15) is 10.4 Å². The summed E-state index contributed by atoms with van der Waals surface area (Å²) in [5.74, 6) is 2.26. The van der Waals surface area contributed by atoms with Gasteiger partial charge >= 0.3 is 0 Å². The third-order valence-corrected chi connectivity index (χ3v) is 4.03. The van der Waals surface area contributed by atoms with Crippen molar-refractivity contribution in [2.24, 2.45) is 0 Å². The first-order valence-corrected chi connectivity index (χ1v) is 8.53. The van der Waals surface area contributed by atoms with Crippen LogP contribution in [0.4, 0.5) is 17.2 Å². The van der Waals surface area contributed by atoms with Crippen molar-refractivity contribution in [1.82, 2.24) is 4.98 Å². The second kappa shape index (κ2) is 8.77. The third kappa shape index (κ3) is 4.50. The van der Waals surface area contributed by atoms with Crippen LogP contribution in [0.25, 0.3) is 0 Å². The molecule has 0 radical (unpaired) electrons. The summed E-state index contributed by atoms with van der Waals surface area (Å²) in [4.78, 5) is 16.8. The molecule has 1 aromatic heterocycles. The summed E-state index contributed by atoms with van der Waals surface area (Å²) < 4.78 is 15.7. The van der Waals surface area contributed by atoms with Gasteiger partial charge in [0.25, 0.3) is 5.91 Å². The van der Waals surface area contributed by atoms with Crippen molar-refractivity contribution in [3.63, 3.8) is 0 Å². The van der Waals surface area contributed by atoms with E-state index in [0.717, 1.165) is 11.4 Å². The molecule has 0 spiro atoms. The highest BCUT2D eigenvalue weighted by Gasteiger charge is 2.09. The van der Waals surface area contributed by atoms with Crippen molar-refractivity contribution in [2.75, 3.05) is 32.0 Å². The lowest BCUT2D eigenvalue weighted by Gasteiger charge is -2.11. The number of carbonyl (C=O) groups excluding carboxylic acids is 1. The van der Waals surface area contributed by atoms with E-state index < -0.39 is 0 Å². The summed E-state index contributed by atoms with van der Waals surface area (Å²) >= 11 is 0. The molecule has 0 aliphatic rings. The Morgan fingerprint density at radius 2 is 1.54 bits per heavy atom. The van der Waals surface area contributed by atoms with E-state index in [1.165, 1.54) is 0 Å². The average molecular weight is 379 g/mol. The highest BCUT2D eigenvalue weighted by molar-refractivity contribution is 6.04. The van der Waals surface area contributed by atoms with Gasteiger partial charge in [-0.1, -0.05) is 0 Å². The number of methoxy groups -OCH3 is 3. The molecule has 1 amide bonds. The number of amides is 1. The minimum absolute atomic E-state index is 0.233. The largest absolute Gasteiger partial charge is 0.497 e. The molecule has 0 aliphatic carbocycles. The normalized spacial score (nSPS) is 10.1. The number of nitrogens with one attached hydrogen (secondary N) is 2. The standard InChI is InChI=1S/C21H21N3O4/c1-26-17-7-4-15(5-8-17)24-21(25)14-10-11-22-20(12-14)23-16-6-9-18(27-2)19(13-16)28-3/h4-13H,1-3H3,(H,22,23)(H,24,25). The monoisotopic (exact) mass is 379 g/mol. The zero-order valence-corrected chi connectivity index (χ0v) is 15.9. The van der Waals surface area contributed by atoms with Gasteiger partial charge in [0.1, 0.15) is 11.6 Å². The van der Waals surface area contributed by atoms with E-state index >= 15 is 0 Å². The van der Waals surface area contributed by atoms with E-state index in [4.69, 9.17) is 14.2 Å². The molecule has 0 aliphatic heterocycles. The summed E-state index contributed by atoms with van der Waals surface area (Å²) in [6.45, 7) is 0. The fourth-order valence-electron chi connectivity index (χ4n) is 2.58. The highest BCUT2D eigenvalue weighted by atomic mass is 16.5. The second-order valence-corrected chi connectivity index (χ2v) is 5.81. The first-order valence-electron chi connectivity index (χ1n) is 8.53. The van der Waals surface area contributed by atoms with E-state index in [2.05, 4.69) is 15.6 Å². The third-order valence-electron chi connectivity index (χ3n) is 4.03. The van der Waals surface area contributed by atoms with Gasteiger partial charge in [-0.05, 0) is 48.5 Å². The molecular weight excluding hydrogens is 358 g/mol. The van der Waals surface area contributed by atoms with E-state index in [1.807, 2.05) is 6.07 Å². The summed E-state index contributed by atoms with van der Waals surface area (Å²) in [5, 5.41) is 6.01. The van der Waals surface area contributed by atoms with Gasteiger partial charge in [-0.2, -0.15) is 0 Å². The van der Waals surface area contributed by atoms with E-state index in [0.29, 0.717) is 28.6 Å². The predicted molar refractivity (Wildman–Crippen MR) is 108 cm³/mol. The molecule has 1 heterocycles. The van der Waals surface area contributed by atoms with E-state index in [-0.39, 0.29) is 5.91 Å². The molecule has 0 bridgehead atoms. The van der Waals surface area contributed by atoms with Crippen LogP contribution in [0, 0.1) is 0 Å². The number of nitrogens with zero attached hydrogens (tertiary/aromatic N) is 1. The number of pyridine rings is 1. The van der Waals surface area contributed by atoms with Gasteiger partial charge in [-0.3, -0.25) is 4.79 Å². The lowest BCUT2D eigenvalue weighted by molar-refractivity contribution is 0.102. The summed E-state index contributed by atoms with van der Waals surface area (Å²) in [6.07, 6.45) is 1.58. The molecule has 0 atom stereocenters. The molecule has 7 heteroatoms. The molecule has 0 fully saturated rings. The maximum absolute atomic E-state index is 12.5. The Balaban J connectivity index is 1.73. The van der Waals surface area contributed by atoms with Crippen molar-refractivity contribution in [3.05, 3.63) is 66.4 Å². The lowest BCUT2D eigenvalue weighted by Crippen LogP contribution is -2.12. The minimum Gasteiger partial charge on any atom is -0.497 e. The molecule has 3 aromatic rings. The molecule has 0 saturated heterocycles. The van der Waals surface area contributed by atoms with Crippen molar-refractivity contribution in [3.8, 4) is 17.2 Å².